The summed E-state index contributed by atoms with van der Waals surface area (Å²) in [5.74, 6) is 0.857. The molecule has 0 aromatic carbocycles. The van der Waals surface area contributed by atoms with Gasteiger partial charge in [-0.25, -0.2) is 0 Å². The lowest BCUT2D eigenvalue weighted by atomic mass is 9.94. The maximum absolute atomic E-state index is 3.91. The fraction of sp³-hybridized carbons (Fsp3) is 1.00. The van der Waals surface area contributed by atoms with Gasteiger partial charge in [0.25, 0.3) is 0 Å². The standard InChI is InChI=1S/C14H28N2/c1-4-12(5-2)11(3)15-13-8-10-16-9-6-7-14(13)16/h11-15H,4-10H2,1-3H3. The van der Waals surface area contributed by atoms with Crippen molar-refractivity contribution >= 4 is 0 Å². The molecule has 2 aliphatic rings. The Morgan fingerprint density at radius 3 is 2.62 bits per heavy atom. The number of fused-ring (bicyclic) bond motifs is 1. The SMILES string of the molecule is CCC(CC)C(C)NC1CCN2CCCC12. The maximum atomic E-state index is 3.91. The van der Waals surface area contributed by atoms with Gasteiger partial charge in [-0.05, 0) is 38.6 Å². The van der Waals surface area contributed by atoms with E-state index in [-0.39, 0.29) is 0 Å². The van der Waals surface area contributed by atoms with Crippen LogP contribution in [0.1, 0.15) is 52.9 Å². The van der Waals surface area contributed by atoms with E-state index in [4.69, 9.17) is 0 Å². The molecule has 3 unspecified atom stereocenters. The number of nitrogens with one attached hydrogen (secondary N) is 1. The van der Waals surface area contributed by atoms with Gasteiger partial charge in [-0.3, -0.25) is 4.90 Å². The van der Waals surface area contributed by atoms with Crippen molar-refractivity contribution in [3.8, 4) is 0 Å². The van der Waals surface area contributed by atoms with Gasteiger partial charge in [0.15, 0.2) is 0 Å². The predicted molar refractivity (Wildman–Crippen MR) is 69.7 cm³/mol. The molecule has 0 aliphatic carbocycles. The Morgan fingerprint density at radius 1 is 1.19 bits per heavy atom. The third-order valence-electron chi connectivity index (χ3n) is 4.84. The van der Waals surface area contributed by atoms with Crippen molar-refractivity contribution in [1.29, 1.82) is 0 Å². The Labute approximate surface area is 101 Å². The summed E-state index contributed by atoms with van der Waals surface area (Å²) >= 11 is 0. The van der Waals surface area contributed by atoms with Crippen LogP contribution in [0.15, 0.2) is 0 Å². The smallest absolute Gasteiger partial charge is 0.0250 e. The third-order valence-corrected chi connectivity index (χ3v) is 4.84. The highest BCUT2D eigenvalue weighted by Gasteiger charge is 2.37. The lowest BCUT2D eigenvalue weighted by Crippen LogP contribution is -2.46. The molecule has 0 spiro atoms. The van der Waals surface area contributed by atoms with Gasteiger partial charge in [0.2, 0.25) is 0 Å². The highest BCUT2D eigenvalue weighted by Crippen LogP contribution is 2.29. The summed E-state index contributed by atoms with van der Waals surface area (Å²) in [5, 5.41) is 3.91. The van der Waals surface area contributed by atoms with Crippen LogP contribution >= 0.6 is 0 Å². The first-order valence-electron chi connectivity index (χ1n) is 7.26. The first-order valence-corrected chi connectivity index (χ1v) is 7.26. The Morgan fingerprint density at radius 2 is 1.94 bits per heavy atom. The van der Waals surface area contributed by atoms with Gasteiger partial charge < -0.3 is 5.32 Å². The molecular formula is C14H28N2. The summed E-state index contributed by atoms with van der Waals surface area (Å²) in [7, 11) is 0. The summed E-state index contributed by atoms with van der Waals surface area (Å²) in [5.41, 5.74) is 0. The minimum absolute atomic E-state index is 0.695. The van der Waals surface area contributed by atoms with E-state index in [1.54, 1.807) is 0 Å². The zero-order valence-corrected chi connectivity index (χ0v) is 11.2. The summed E-state index contributed by atoms with van der Waals surface area (Å²) < 4.78 is 0. The number of rotatable bonds is 5. The molecule has 0 aromatic heterocycles. The molecule has 2 fully saturated rings. The summed E-state index contributed by atoms with van der Waals surface area (Å²) in [6.07, 6.45) is 6.84. The molecule has 0 bridgehead atoms. The van der Waals surface area contributed by atoms with Crippen LogP contribution in [0.2, 0.25) is 0 Å². The van der Waals surface area contributed by atoms with Crippen molar-refractivity contribution in [2.45, 2.75) is 71.0 Å². The molecule has 1 N–H and O–H groups in total. The Bertz CT molecular complexity index is 213. The topological polar surface area (TPSA) is 15.3 Å². The minimum atomic E-state index is 0.695. The Kier molecular flexibility index (Phi) is 4.26. The number of nitrogens with zero attached hydrogens (tertiary/aromatic N) is 1. The molecule has 0 saturated carbocycles. The van der Waals surface area contributed by atoms with Crippen LogP contribution in [0.4, 0.5) is 0 Å². The van der Waals surface area contributed by atoms with Gasteiger partial charge in [-0.1, -0.05) is 26.7 Å². The fourth-order valence-electron chi connectivity index (χ4n) is 3.75. The second-order valence-corrected chi connectivity index (χ2v) is 5.67. The van der Waals surface area contributed by atoms with Crippen LogP contribution in [0.5, 0.6) is 0 Å². The van der Waals surface area contributed by atoms with Crippen LogP contribution < -0.4 is 5.32 Å². The molecule has 0 radical (unpaired) electrons. The van der Waals surface area contributed by atoms with E-state index in [1.165, 1.54) is 45.2 Å². The average Bonchev–Trinajstić information content (AvgIpc) is 2.85. The van der Waals surface area contributed by atoms with Gasteiger partial charge in [0.1, 0.15) is 0 Å². The lowest BCUT2D eigenvalue weighted by Gasteiger charge is -2.29. The molecule has 0 aromatic rings. The minimum Gasteiger partial charge on any atom is -0.310 e. The molecule has 16 heavy (non-hydrogen) atoms. The molecule has 2 heteroatoms. The van der Waals surface area contributed by atoms with Crippen LogP contribution in [0.25, 0.3) is 0 Å². The largest absolute Gasteiger partial charge is 0.310 e. The maximum Gasteiger partial charge on any atom is 0.0250 e. The molecule has 2 nitrogen and oxygen atoms in total. The van der Waals surface area contributed by atoms with Gasteiger partial charge in [0.05, 0.1) is 0 Å². The number of hydrogen-bond donors (Lipinski definition) is 1. The molecule has 3 atom stereocenters. The Hall–Kier alpha value is -0.0800. The quantitative estimate of drug-likeness (QED) is 0.772. The fourth-order valence-corrected chi connectivity index (χ4v) is 3.75. The molecule has 2 aliphatic heterocycles. The predicted octanol–water partition coefficient (Wildman–Crippen LogP) is 2.64. The monoisotopic (exact) mass is 224 g/mol. The van der Waals surface area contributed by atoms with Crippen LogP contribution in [0, 0.1) is 5.92 Å². The first kappa shape index (κ1) is 12.4. The van der Waals surface area contributed by atoms with Crippen molar-refractivity contribution in [2.24, 2.45) is 5.92 Å². The molecule has 0 amide bonds. The van der Waals surface area contributed by atoms with Crippen molar-refractivity contribution in [3.63, 3.8) is 0 Å². The zero-order chi connectivity index (χ0) is 11.5. The highest BCUT2D eigenvalue weighted by atomic mass is 15.2. The van der Waals surface area contributed by atoms with Crippen molar-refractivity contribution in [2.75, 3.05) is 13.1 Å². The van der Waals surface area contributed by atoms with Gasteiger partial charge in [-0.15, -0.1) is 0 Å². The van der Waals surface area contributed by atoms with Crippen molar-refractivity contribution in [3.05, 3.63) is 0 Å². The summed E-state index contributed by atoms with van der Waals surface area (Å²) in [4.78, 5) is 2.69. The summed E-state index contributed by atoms with van der Waals surface area (Å²) in [6.45, 7) is 9.71. The van der Waals surface area contributed by atoms with E-state index in [0.29, 0.717) is 6.04 Å². The van der Waals surface area contributed by atoms with Gasteiger partial charge >= 0.3 is 0 Å². The molecular weight excluding hydrogens is 196 g/mol. The molecule has 2 rings (SSSR count). The van der Waals surface area contributed by atoms with Gasteiger partial charge in [-0.2, -0.15) is 0 Å². The van der Waals surface area contributed by atoms with E-state index in [0.717, 1.165) is 18.0 Å². The molecule has 2 saturated heterocycles. The van der Waals surface area contributed by atoms with Crippen molar-refractivity contribution < 1.29 is 0 Å². The average molecular weight is 224 g/mol. The van der Waals surface area contributed by atoms with E-state index < -0.39 is 0 Å². The summed E-state index contributed by atoms with van der Waals surface area (Å²) in [6, 6.07) is 2.33. The number of hydrogen-bond acceptors (Lipinski definition) is 2. The van der Waals surface area contributed by atoms with Crippen molar-refractivity contribution in [1.82, 2.24) is 10.2 Å². The second-order valence-electron chi connectivity index (χ2n) is 5.67. The molecule has 2 heterocycles. The highest BCUT2D eigenvalue weighted by molar-refractivity contribution is 4.96. The van der Waals surface area contributed by atoms with Crippen LogP contribution in [-0.4, -0.2) is 36.1 Å². The Balaban J connectivity index is 1.85. The van der Waals surface area contributed by atoms with Gasteiger partial charge in [0, 0.05) is 24.7 Å². The molecule has 94 valence electrons. The van der Waals surface area contributed by atoms with Crippen LogP contribution in [0.3, 0.4) is 0 Å². The van der Waals surface area contributed by atoms with E-state index in [2.05, 4.69) is 31.0 Å². The zero-order valence-electron chi connectivity index (χ0n) is 11.2. The lowest BCUT2D eigenvalue weighted by molar-refractivity contribution is 0.265. The second kappa shape index (κ2) is 5.50. The van der Waals surface area contributed by atoms with Crippen LogP contribution in [-0.2, 0) is 0 Å². The normalized spacial score (nSPS) is 32.2. The van der Waals surface area contributed by atoms with E-state index in [1.807, 2.05) is 0 Å². The first-order chi connectivity index (χ1) is 7.76. The van der Waals surface area contributed by atoms with E-state index in [9.17, 15) is 0 Å². The van der Waals surface area contributed by atoms with E-state index >= 15 is 0 Å². The third kappa shape index (κ3) is 2.43.